The lowest BCUT2D eigenvalue weighted by Crippen LogP contribution is -2.45. The Labute approximate surface area is 148 Å². The lowest BCUT2D eigenvalue weighted by atomic mass is 9.82. The predicted octanol–water partition coefficient (Wildman–Crippen LogP) is 2.35. The first-order valence-electron chi connectivity index (χ1n) is 8.67. The van der Waals surface area contributed by atoms with E-state index in [1.807, 2.05) is 30.3 Å². The first kappa shape index (κ1) is 17.6. The van der Waals surface area contributed by atoms with Crippen LogP contribution in [-0.2, 0) is 0 Å². The maximum Gasteiger partial charge on any atom is 0.232 e. The Bertz CT molecular complexity index is 710. The highest BCUT2D eigenvalue weighted by Crippen LogP contribution is 2.33. The Morgan fingerprint density at radius 1 is 1.28 bits per heavy atom. The SMILES string of the molecule is CC(c1nc(N)nc(Nc2ccccc2)n1)N1CCCC(C)(CO)C1. The standard InChI is InChI=1S/C18H26N6O/c1-13(24-10-6-9-18(2,11-24)12-25)15-21-16(19)23-17(22-15)20-14-7-4-3-5-8-14/h3-5,7-8,13,25H,6,9-12H2,1-2H3,(H3,19,20,21,22,23). The van der Waals surface area contributed by atoms with Crippen LogP contribution in [-0.4, -0.2) is 44.7 Å². The smallest absolute Gasteiger partial charge is 0.232 e. The van der Waals surface area contributed by atoms with E-state index in [0.717, 1.165) is 31.6 Å². The van der Waals surface area contributed by atoms with Gasteiger partial charge in [-0.1, -0.05) is 25.1 Å². The minimum Gasteiger partial charge on any atom is -0.396 e. The number of hydrogen-bond donors (Lipinski definition) is 3. The fraction of sp³-hybridized carbons (Fsp3) is 0.500. The van der Waals surface area contributed by atoms with Crippen LogP contribution in [0.25, 0.3) is 0 Å². The minimum atomic E-state index is -0.0732. The van der Waals surface area contributed by atoms with Gasteiger partial charge in [-0.05, 0) is 38.4 Å². The Kier molecular flexibility index (Phi) is 5.15. The van der Waals surface area contributed by atoms with E-state index in [0.29, 0.717) is 11.8 Å². The zero-order chi connectivity index (χ0) is 17.9. The third-order valence-corrected chi connectivity index (χ3v) is 4.81. The second-order valence-electron chi connectivity index (χ2n) is 7.09. The van der Waals surface area contributed by atoms with E-state index in [-0.39, 0.29) is 24.0 Å². The van der Waals surface area contributed by atoms with E-state index in [4.69, 9.17) is 5.73 Å². The van der Waals surface area contributed by atoms with Gasteiger partial charge in [0.15, 0.2) is 5.82 Å². The summed E-state index contributed by atoms with van der Waals surface area (Å²) in [6.07, 6.45) is 2.09. The molecule has 0 bridgehead atoms. The van der Waals surface area contributed by atoms with Crippen LogP contribution in [0, 0.1) is 5.41 Å². The highest BCUT2D eigenvalue weighted by molar-refractivity contribution is 5.53. The molecule has 0 aliphatic carbocycles. The van der Waals surface area contributed by atoms with Crippen molar-refractivity contribution in [2.75, 3.05) is 30.7 Å². The lowest BCUT2D eigenvalue weighted by molar-refractivity contribution is 0.0263. The molecule has 1 fully saturated rings. The second kappa shape index (κ2) is 7.33. The molecule has 0 amide bonds. The second-order valence-corrected chi connectivity index (χ2v) is 7.09. The molecule has 25 heavy (non-hydrogen) atoms. The molecule has 7 heteroatoms. The number of nitrogens with zero attached hydrogens (tertiary/aromatic N) is 4. The van der Waals surface area contributed by atoms with Crippen LogP contribution in [0.2, 0.25) is 0 Å². The van der Waals surface area contributed by atoms with Crippen LogP contribution in [0.1, 0.15) is 38.6 Å². The van der Waals surface area contributed by atoms with Gasteiger partial charge in [0.05, 0.1) is 6.04 Å². The third kappa shape index (κ3) is 4.24. The van der Waals surface area contributed by atoms with Crippen molar-refractivity contribution in [3.8, 4) is 0 Å². The predicted molar refractivity (Wildman–Crippen MR) is 98.4 cm³/mol. The summed E-state index contributed by atoms with van der Waals surface area (Å²) in [4.78, 5) is 15.4. The molecule has 1 aromatic carbocycles. The van der Waals surface area contributed by atoms with Crippen molar-refractivity contribution in [3.63, 3.8) is 0 Å². The van der Waals surface area contributed by atoms with Crippen molar-refractivity contribution in [2.45, 2.75) is 32.7 Å². The van der Waals surface area contributed by atoms with Crippen LogP contribution in [0.3, 0.4) is 0 Å². The van der Waals surface area contributed by atoms with E-state index in [9.17, 15) is 5.11 Å². The number of benzene rings is 1. The van der Waals surface area contributed by atoms with Crippen LogP contribution in [0.4, 0.5) is 17.6 Å². The molecular weight excluding hydrogens is 316 g/mol. The van der Waals surface area contributed by atoms with E-state index in [1.54, 1.807) is 0 Å². The maximum absolute atomic E-state index is 9.67. The molecule has 1 aliphatic heterocycles. The first-order chi connectivity index (χ1) is 12.0. The number of nitrogens with one attached hydrogen (secondary N) is 1. The molecule has 3 rings (SSSR count). The van der Waals surface area contributed by atoms with Crippen LogP contribution in [0.15, 0.2) is 30.3 Å². The summed E-state index contributed by atoms with van der Waals surface area (Å²) in [5.41, 5.74) is 6.73. The van der Waals surface area contributed by atoms with Gasteiger partial charge >= 0.3 is 0 Å². The number of nitrogen functional groups attached to an aromatic ring is 1. The average molecular weight is 342 g/mol. The number of para-hydroxylation sites is 1. The number of aliphatic hydroxyl groups is 1. The molecule has 0 radical (unpaired) electrons. The van der Waals surface area contributed by atoms with Gasteiger partial charge in [-0.2, -0.15) is 15.0 Å². The fourth-order valence-electron chi connectivity index (χ4n) is 3.28. The zero-order valence-electron chi connectivity index (χ0n) is 14.8. The number of aliphatic hydroxyl groups excluding tert-OH is 1. The van der Waals surface area contributed by atoms with Gasteiger partial charge in [-0.25, -0.2) is 0 Å². The Balaban J connectivity index is 1.79. The van der Waals surface area contributed by atoms with Crippen LogP contribution in [0.5, 0.6) is 0 Å². The van der Waals surface area contributed by atoms with Gasteiger partial charge in [0, 0.05) is 24.3 Å². The van der Waals surface area contributed by atoms with Crippen molar-refractivity contribution in [3.05, 3.63) is 36.2 Å². The van der Waals surface area contributed by atoms with E-state index < -0.39 is 0 Å². The monoisotopic (exact) mass is 342 g/mol. The molecular formula is C18H26N6O. The van der Waals surface area contributed by atoms with Gasteiger partial charge in [0.25, 0.3) is 0 Å². The minimum absolute atomic E-state index is 0.00722. The van der Waals surface area contributed by atoms with Gasteiger partial charge in [-0.15, -0.1) is 0 Å². The van der Waals surface area contributed by atoms with Crippen molar-refractivity contribution in [1.82, 2.24) is 19.9 Å². The average Bonchev–Trinajstić information content (AvgIpc) is 2.61. The molecule has 2 atom stereocenters. The lowest BCUT2D eigenvalue weighted by Gasteiger charge is -2.41. The van der Waals surface area contributed by atoms with Crippen molar-refractivity contribution in [1.29, 1.82) is 0 Å². The molecule has 2 aromatic rings. The van der Waals surface area contributed by atoms with Crippen LogP contribution < -0.4 is 11.1 Å². The topological polar surface area (TPSA) is 100 Å². The molecule has 1 aliphatic rings. The molecule has 1 saturated heterocycles. The quantitative estimate of drug-likeness (QED) is 0.767. The number of anilines is 3. The van der Waals surface area contributed by atoms with Crippen molar-refractivity contribution in [2.24, 2.45) is 5.41 Å². The molecule has 2 heterocycles. The summed E-state index contributed by atoms with van der Waals surface area (Å²) in [5.74, 6) is 1.30. The molecule has 4 N–H and O–H groups in total. The summed E-state index contributed by atoms with van der Waals surface area (Å²) < 4.78 is 0. The summed E-state index contributed by atoms with van der Waals surface area (Å²) in [6, 6.07) is 9.74. The van der Waals surface area contributed by atoms with Crippen molar-refractivity contribution < 1.29 is 5.11 Å². The number of rotatable bonds is 5. The molecule has 134 valence electrons. The number of aromatic nitrogens is 3. The maximum atomic E-state index is 9.67. The molecule has 0 saturated carbocycles. The molecule has 2 unspecified atom stereocenters. The number of nitrogens with two attached hydrogens (primary N) is 1. The van der Waals surface area contributed by atoms with Crippen molar-refractivity contribution >= 4 is 17.6 Å². The largest absolute Gasteiger partial charge is 0.396 e. The number of likely N-dealkylation sites (tertiary alicyclic amines) is 1. The summed E-state index contributed by atoms with van der Waals surface area (Å²) in [7, 11) is 0. The Hall–Kier alpha value is -2.25. The highest BCUT2D eigenvalue weighted by atomic mass is 16.3. The molecule has 0 spiro atoms. The highest BCUT2D eigenvalue weighted by Gasteiger charge is 2.33. The summed E-state index contributed by atoms with van der Waals surface area (Å²) >= 11 is 0. The normalized spacial score (nSPS) is 22.5. The summed E-state index contributed by atoms with van der Waals surface area (Å²) in [6.45, 7) is 6.16. The zero-order valence-corrected chi connectivity index (χ0v) is 14.8. The molecule has 1 aromatic heterocycles. The fourth-order valence-corrected chi connectivity index (χ4v) is 3.28. The van der Waals surface area contributed by atoms with E-state index in [1.165, 1.54) is 0 Å². The summed E-state index contributed by atoms with van der Waals surface area (Å²) in [5, 5.41) is 12.8. The van der Waals surface area contributed by atoms with E-state index in [2.05, 4.69) is 39.0 Å². The van der Waals surface area contributed by atoms with Crippen LogP contribution >= 0.6 is 0 Å². The Morgan fingerprint density at radius 2 is 2.04 bits per heavy atom. The molecule has 7 nitrogen and oxygen atoms in total. The first-order valence-corrected chi connectivity index (χ1v) is 8.67. The number of piperidine rings is 1. The van der Waals surface area contributed by atoms with Gasteiger partial charge in [-0.3, -0.25) is 4.90 Å². The Morgan fingerprint density at radius 3 is 2.76 bits per heavy atom. The number of hydrogen-bond acceptors (Lipinski definition) is 7. The van der Waals surface area contributed by atoms with E-state index >= 15 is 0 Å². The van der Waals surface area contributed by atoms with Gasteiger partial charge < -0.3 is 16.2 Å². The van der Waals surface area contributed by atoms with Gasteiger partial charge in [0.2, 0.25) is 11.9 Å². The van der Waals surface area contributed by atoms with Gasteiger partial charge in [0.1, 0.15) is 0 Å². The third-order valence-electron chi connectivity index (χ3n) is 4.81.